The number of nitrogens with zero attached hydrogens (tertiary/aromatic N) is 2. The van der Waals surface area contributed by atoms with Crippen LogP contribution in [0.2, 0.25) is 0 Å². The highest BCUT2D eigenvalue weighted by Crippen LogP contribution is 2.17. The minimum Gasteiger partial charge on any atom is -0.493 e. The number of anilines is 1. The average Bonchev–Trinajstić information content (AvgIpc) is 3.13. The minimum absolute atomic E-state index is 0.164. The van der Waals surface area contributed by atoms with E-state index in [0.717, 1.165) is 16.3 Å². The Morgan fingerprint density at radius 1 is 1.35 bits per heavy atom. The summed E-state index contributed by atoms with van der Waals surface area (Å²) in [5, 5.41) is 16.0. The first kappa shape index (κ1) is 17.8. The van der Waals surface area contributed by atoms with Crippen molar-refractivity contribution in [2.75, 3.05) is 11.9 Å². The summed E-state index contributed by atoms with van der Waals surface area (Å²) in [7, 11) is 0. The predicted molar refractivity (Wildman–Crippen MR) is 94.0 cm³/mol. The van der Waals surface area contributed by atoms with Gasteiger partial charge in [0.05, 0.1) is 13.0 Å². The van der Waals surface area contributed by atoms with Crippen LogP contribution in [0.25, 0.3) is 0 Å². The molecule has 0 bridgehead atoms. The smallest absolute Gasteiger partial charge is 0.322 e. The molecule has 4 amide bonds. The standard InChI is InChI=1S/C16H17N5O4S/c1-9-3-2-4-10(7-9)25-6-5-13-20-21-16(26-13)18-12(22)8-11-14(23)19-15(24)17-11/h2-4,7,11H,5-6,8H2,1H3,(H,18,21,22)(H2,17,19,23,24)/t11-/m0/s1. The lowest BCUT2D eigenvalue weighted by Gasteiger charge is -2.05. The van der Waals surface area contributed by atoms with Crippen LogP contribution in [-0.2, 0) is 16.0 Å². The molecule has 2 aromatic rings. The maximum Gasteiger partial charge on any atom is 0.322 e. The van der Waals surface area contributed by atoms with Crippen molar-refractivity contribution in [2.45, 2.75) is 25.8 Å². The highest BCUT2D eigenvalue weighted by molar-refractivity contribution is 7.15. The molecule has 0 aliphatic carbocycles. The van der Waals surface area contributed by atoms with E-state index in [1.54, 1.807) is 0 Å². The molecule has 10 heteroatoms. The summed E-state index contributed by atoms with van der Waals surface area (Å²) in [5.74, 6) is -0.151. The molecule has 3 rings (SSSR count). The van der Waals surface area contributed by atoms with Crippen LogP contribution >= 0.6 is 11.3 Å². The van der Waals surface area contributed by atoms with Gasteiger partial charge in [-0.05, 0) is 24.6 Å². The number of benzene rings is 1. The van der Waals surface area contributed by atoms with Gasteiger partial charge in [0.2, 0.25) is 11.0 Å². The summed E-state index contributed by atoms with van der Waals surface area (Å²) in [6.45, 7) is 2.44. The molecule has 0 radical (unpaired) electrons. The highest BCUT2D eigenvalue weighted by atomic mass is 32.1. The van der Waals surface area contributed by atoms with Crippen molar-refractivity contribution < 1.29 is 19.1 Å². The normalized spacial score (nSPS) is 16.1. The van der Waals surface area contributed by atoms with Crippen molar-refractivity contribution in [3.63, 3.8) is 0 Å². The van der Waals surface area contributed by atoms with E-state index >= 15 is 0 Å². The molecular weight excluding hydrogens is 358 g/mol. The number of nitrogens with one attached hydrogen (secondary N) is 3. The van der Waals surface area contributed by atoms with Gasteiger partial charge in [-0.15, -0.1) is 10.2 Å². The van der Waals surface area contributed by atoms with Crippen molar-refractivity contribution in [3.05, 3.63) is 34.8 Å². The molecule has 26 heavy (non-hydrogen) atoms. The number of rotatable bonds is 7. The Hall–Kier alpha value is -3.01. The number of carbonyl (C=O) groups excluding carboxylic acids is 3. The van der Waals surface area contributed by atoms with Crippen LogP contribution in [0.5, 0.6) is 5.75 Å². The topological polar surface area (TPSA) is 122 Å². The second-order valence-electron chi connectivity index (χ2n) is 5.68. The number of ether oxygens (including phenoxy) is 1. The van der Waals surface area contributed by atoms with Gasteiger partial charge in [0.15, 0.2) is 0 Å². The van der Waals surface area contributed by atoms with Gasteiger partial charge < -0.3 is 15.4 Å². The van der Waals surface area contributed by atoms with Crippen molar-refractivity contribution in [1.29, 1.82) is 0 Å². The van der Waals surface area contributed by atoms with Crippen LogP contribution in [0.1, 0.15) is 17.0 Å². The fraction of sp³-hybridized carbons (Fsp3) is 0.312. The zero-order chi connectivity index (χ0) is 18.5. The van der Waals surface area contributed by atoms with E-state index in [9.17, 15) is 14.4 Å². The average molecular weight is 375 g/mol. The van der Waals surface area contributed by atoms with Gasteiger partial charge in [-0.1, -0.05) is 23.5 Å². The first-order chi connectivity index (χ1) is 12.5. The molecular formula is C16H17N5O4S. The second kappa shape index (κ2) is 7.91. The summed E-state index contributed by atoms with van der Waals surface area (Å²) < 4.78 is 5.66. The Kier molecular flexibility index (Phi) is 5.42. The molecule has 1 aliphatic rings. The van der Waals surface area contributed by atoms with Crippen LogP contribution in [0.4, 0.5) is 9.93 Å². The van der Waals surface area contributed by atoms with Crippen molar-refractivity contribution in [3.8, 4) is 5.75 Å². The Balaban J connectivity index is 1.44. The number of imide groups is 1. The van der Waals surface area contributed by atoms with Gasteiger partial charge in [-0.25, -0.2) is 4.79 Å². The molecule has 1 saturated heterocycles. The maximum absolute atomic E-state index is 11.9. The molecule has 0 unspecified atom stereocenters. The lowest BCUT2D eigenvalue weighted by Crippen LogP contribution is -2.33. The van der Waals surface area contributed by atoms with Crippen LogP contribution in [0.15, 0.2) is 24.3 Å². The first-order valence-corrected chi connectivity index (χ1v) is 8.74. The fourth-order valence-electron chi connectivity index (χ4n) is 2.32. The Bertz CT molecular complexity index is 838. The third-order valence-electron chi connectivity index (χ3n) is 3.54. The van der Waals surface area contributed by atoms with Gasteiger partial charge in [-0.3, -0.25) is 14.9 Å². The van der Waals surface area contributed by atoms with Gasteiger partial charge >= 0.3 is 6.03 Å². The fourth-order valence-corrected chi connectivity index (χ4v) is 3.06. The monoisotopic (exact) mass is 375 g/mol. The van der Waals surface area contributed by atoms with Gasteiger partial charge in [0.1, 0.15) is 16.8 Å². The molecule has 0 saturated carbocycles. The Morgan fingerprint density at radius 3 is 2.92 bits per heavy atom. The van der Waals surface area contributed by atoms with E-state index in [2.05, 4.69) is 26.1 Å². The summed E-state index contributed by atoms with van der Waals surface area (Å²) in [6.07, 6.45) is 0.394. The van der Waals surface area contributed by atoms with E-state index in [0.29, 0.717) is 18.2 Å². The van der Waals surface area contributed by atoms with Gasteiger partial charge in [0.25, 0.3) is 5.91 Å². The van der Waals surface area contributed by atoms with E-state index in [1.165, 1.54) is 11.3 Å². The zero-order valence-corrected chi connectivity index (χ0v) is 14.8. The van der Waals surface area contributed by atoms with Gasteiger partial charge in [-0.2, -0.15) is 0 Å². The van der Waals surface area contributed by atoms with Crippen LogP contribution in [0.3, 0.4) is 0 Å². The SMILES string of the molecule is Cc1cccc(OCCc2nnc(NC(=O)C[C@@H]3NC(=O)NC3=O)s2)c1. The molecule has 1 atom stereocenters. The third-order valence-corrected chi connectivity index (χ3v) is 4.43. The number of hydrogen-bond acceptors (Lipinski definition) is 7. The molecule has 1 aromatic heterocycles. The van der Waals surface area contributed by atoms with Gasteiger partial charge in [0, 0.05) is 6.42 Å². The van der Waals surface area contributed by atoms with Crippen molar-refractivity contribution in [2.24, 2.45) is 0 Å². The number of urea groups is 1. The number of hydrogen-bond donors (Lipinski definition) is 3. The molecule has 3 N–H and O–H groups in total. The summed E-state index contributed by atoms with van der Waals surface area (Å²) in [4.78, 5) is 34.4. The van der Waals surface area contributed by atoms with Crippen molar-refractivity contribution >= 4 is 34.3 Å². The lowest BCUT2D eigenvalue weighted by molar-refractivity contribution is -0.124. The molecule has 1 aromatic carbocycles. The quantitative estimate of drug-likeness (QED) is 0.621. The number of aromatic nitrogens is 2. The van der Waals surface area contributed by atoms with E-state index in [-0.39, 0.29) is 6.42 Å². The van der Waals surface area contributed by atoms with Crippen LogP contribution in [-0.4, -0.2) is 40.7 Å². The van der Waals surface area contributed by atoms with Crippen LogP contribution in [0, 0.1) is 6.92 Å². The molecule has 136 valence electrons. The number of aryl methyl sites for hydroxylation is 1. The Labute approximate surface area is 153 Å². The molecule has 1 aliphatic heterocycles. The minimum atomic E-state index is -0.863. The summed E-state index contributed by atoms with van der Waals surface area (Å²) in [6, 6.07) is 6.29. The number of amides is 4. The lowest BCUT2D eigenvalue weighted by atomic mass is 10.2. The summed E-state index contributed by atoms with van der Waals surface area (Å²) in [5.41, 5.74) is 1.12. The van der Waals surface area contributed by atoms with E-state index in [4.69, 9.17) is 4.74 Å². The molecule has 0 spiro atoms. The van der Waals surface area contributed by atoms with Crippen molar-refractivity contribution in [1.82, 2.24) is 20.8 Å². The second-order valence-corrected chi connectivity index (χ2v) is 6.75. The third kappa shape index (κ3) is 4.76. The van der Waals surface area contributed by atoms with Crippen LogP contribution < -0.4 is 20.7 Å². The molecule has 2 heterocycles. The van der Waals surface area contributed by atoms with E-state index < -0.39 is 23.9 Å². The van der Waals surface area contributed by atoms with E-state index in [1.807, 2.05) is 31.2 Å². The molecule has 1 fully saturated rings. The molecule has 9 nitrogen and oxygen atoms in total. The Morgan fingerprint density at radius 2 is 2.19 bits per heavy atom. The zero-order valence-electron chi connectivity index (χ0n) is 13.9. The largest absolute Gasteiger partial charge is 0.493 e. The number of carbonyl (C=O) groups is 3. The first-order valence-electron chi connectivity index (χ1n) is 7.92. The highest BCUT2D eigenvalue weighted by Gasteiger charge is 2.31. The summed E-state index contributed by atoms with van der Waals surface area (Å²) >= 11 is 1.24. The maximum atomic E-state index is 11.9. The predicted octanol–water partition coefficient (Wildman–Crippen LogP) is 1.00.